The number of rotatable bonds is 9. The lowest BCUT2D eigenvalue weighted by molar-refractivity contribution is 0.597. The van der Waals surface area contributed by atoms with E-state index in [1.54, 1.807) is 16.7 Å². The van der Waals surface area contributed by atoms with E-state index < -0.39 is 0 Å². The second-order valence-corrected chi connectivity index (χ2v) is 6.44. The first-order valence-corrected chi connectivity index (χ1v) is 9.49. The Morgan fingerprint density at radius 1 is 1.12 bits per heavy atom. The summed E-state index contributed by atoms with van der Waals surface area (Å²) in [5.41, 5.74) is 1.29. The van der Waals surface area contributed by atoms with Crippen LogP contribution in [-0.4, -0.2) is 30.2 Å². The average molecular weight is 375 g/mol. The van der Waals surface area contributed by atoms with Crippen LogP contribution in [0.5, 0.6) is 0 Å². The molecule has 0 aliphatic heterocycles. The number of unbranched alkanes of at least 4 members (excludes halogenated alkanes) is 1. The van der Waals surface area contributed by atoms with Gasteiger partial charge in [-0.05, 0) is 49.9 Å². The lowest BCUT2D eigenvalue weighted by atomic mass is 10.1. The number of guanidine groups is 1. The zero-order chi connectivity index (χ0) is 18.6. The zero-order valence-electron chi connectivity index (χ0n) is 15.2. The van der Waals surface area contributed by atoms with Crippen LogP contribution in [0.1, 0.15) is 25.3 Å². The van der Waals surface area contributed by atoms with Crippen molar-refractivity contribution < 1.29 is 0 Å². The third-order valence-corrected chi connectivity index (χ3v) is 4.19. The lowest BCUT2D eigenvalue weighted by Gasteiger charge is -2.11. The first kappa shape index (κ1) is 20.0. The highest BCUT2D eigenvalue weighted by atomic mass is 35.5. The molecule has 0 spiro atoms. The van der Waals surface area contributed by atoms with Crippen molar-refractivity contribution >= 4 is 17.6 Å². The van der Waals surface area contributed by atoms with E-state index in [0.717, 1.165) is 56.4 Å². The van der Waals surface area contributed by atoms with Crippen LogP contribution < -0.4 is 16.2 Å². The summed E-state index contributed by atoms with van der Waals surface area (Å²) in [4.78, 5) is 16.2. The molecule has 0 saturated heterocycles. The Morgan fingerprint density at radius 2 is 1.92 bits per heavy atom. The SMILES string of the molecule is CCNC(=NCCCCn1ccccc1=O)NCCc1ccc(Cl)cc1. The normalized spacial score (nSPS) is 11.4. The molecule has 2 N–H and O–H groups in total. The van der Waals surface area contributed by atoms with E-state index >= 15 is 0 Å². The first-order chi connectivity index (χ1) is 12.7. The molecule has 0 atom stereocenters. The Kier molecular flexibility index (Phi) is 8.76. The van der Waals surface area contributed by atoms with Crippen LogP contribution in [-0.2, 0) is 13.0 Å². The Balaban J connectivity index is 1.71. The third kappa shape index (κ3) is 7.31. The minimum atomic E-state index is 0.0493. The molecule has 0 saturated carbocycles. The second kappa shape index (κ2) is 11.4. The molecule has 140 valence electrons. The van der Waals surface area contributed by atoms with E-state index in [2.05, 4.69) is 22.5 Å². The van der Waals surface area contributed by atoms with Crippen molar-refractivity contribution in [2.75, 3.05) is 19.6 Å². The summed E-state index contributed by atoms with van der Waals surface area (Å²) in [6, 6.07) is 13.1. The number of halogens is 1. The maximum atomic E-state index is 11.6. The first-order valence-electron chi connectivity index (χ1n) is 9.11. The van der Waals surface area contributed by atoms with Gasteiger partial charge in [-0.2, -0.15) is 0 Å². The molecular formula is C20H27ClN4O. The summed E-state index contributed by atoms with van der Waals surface area (Å²) in [6.45, 7) is 5.16. The van der Waals surface area contributed by atoms with Gasteiger partial charge in [0.25, 0.3) is 0 Å². The Hall–Kier alpha value is -2.27. The third-order valence-electron chi connectivity index (χ3n) is 3.94. The van der Waals surface area contributed by atoms with Gasteiger partial charge in [0.05, 0.1) is 0 Å². The van der Waals surface area contributed by atoms with E-state index in [1.165, 1.54) is 5.56 Å². The zero-order valence-corrected chi connectivity index (χ0v) is 16.0. The van der Waals surface area contributed by atoms with Gasteiger partial charge in [-0.25, -0.2) is 0 Å². The van der Waals surface area contributed by atoms with E-state index in [1.807, 2.05) is 36.5 Å². The quantitative estimate of drug-likeness (QED) is 0.403. The van der Waals surface area contributed by atoms with Crippen LogP contribution in [0.3, 0.4) is 0 Å². The Labute approximate surface area is 160 Å². The topological polar surface area (TPSA) is 58.4 Å². The lowest BCUT2D eigenvalue weighted by Crippen LogP contribution is -2.38. The van der Waals surface area contributed by atoms with Crippen molar-refractivity contribution in [3.63, 3.8) is 0 Å². The monoisotopic (exact) mass is 374 g/mol. The number of aromatic nitrogens is 1. The minimum Gasteiger partial charge on any atom is -0.357 e. The Bertz CT molecular complexity index is 740. The van der Waals surface area contributed by atoms with Gasteiger partial charge in [-0.3, -0.25) is 9.79 Å². The van der Waals surface area contributed by atoms with Gasteiger partial charge in [-0.1, -0.05) is 29.8 Å². The summed E-state index contributed by atoms with van der Waals surface area (Å²) >= 11 is 5.90. The number of nitrogens with zero attached hydrogens (tertiary/aromatic N) is 2. The molecule has 1 aromatic carbocycles. The van der Waals surface area contributed by atoms with Gasteiger partial charge in [-0.15, -0.1) is 0 Å². The Morgan fingerprint density at radius 3 is 2.65 bits per heavy atom. The number of nitrogens with one attached hydrogen (secondary N) is 2. The fourth-order valence-electron chi connectivity index (χ4n) is 2.55. The van der Waals surface area contributed by atoms with Gasteiger partial charge in [0.1, 0.15) is 0 Å². The molecule has 0 aliphatic carbocycles. The molecule has 2 aromatic rings. The maximum Gasteiger partial charge on any atom is 0.250 e. The molecule has 2 rings (SSSR count). The van der Waals surface area contributed by atoms with Crippen molar-refractivity contribution in [1.82, 2.24) is 15.2 Å². The van der Waals surface area contributed by atoms with Crippen LogP contribution in [0.4, 0.5) is 0 Å². The fourth-order valence-corrected chi connectivity index (χ4v) is 2.67. The van der Waals surface area contributed by atoms with Gasteiger partial charge in [0.2, 0.25) is 5.56 Å². The molecule has 0 fully saturated rings. The van der Waals surface area contributed by atoms with Gasteiger partial charge >= 0.3 is 0 Å². The molecular weight excluding hydrogens is 348 g/mol. The molecule has 26 heavy (non-hydrogen) atoms. The van der Waals surface area contributed by atoms with E-state index in [0.29, 0.717) is 0 Å². The number of aliphatic imine (C=N–C) groups is 1. The minimum absolute atomic E-state index is 0.0493. The van der Waals surface area contributed by atoms with E-state index in [4.69, 9.17) is 11.6 Å². The predicted molar refractivity (Wildman–Crippen MR) is 109 cm³/mol. The number of pyridine rings is 1. The number of hydrogen-bond donors (Lipinski definition) is 2. The second-order valence-electron chi connectivity index (χ2n) is 6.00. The maximum absolute atomic E-state index is 11.6. The number of hydrogen-bond acceptors (Lipinski definition) is 2. The fraction of sp³-hybridized carbons (Fsp3) is 0.400. The molecule has 0 bridgehead atoms. The highest BCUT2D eigenvalue weighted by Crippen LogP contribution is 2.09. The largest absolute Gasteiger partial charge is 0.357 e. The highest BCUT2D eigenvalue weighted by molar-refractivity contribution is 6.30. The van der Waals surface area contributed by atoms with Crippen molar-refractivity contribution in [2.45, 2.75) is 32.7 Å². The number of aryl methyl sites for hydroxylation is 1. The van der Waals surface area contributed by atoms with E-state index in [9.17, 15) is 4.79 Å². The average Bonchev–Trinajstić information content (AvgIpc) is 2.64. The van der Waals surface area contributed by atoms with Crippen LogP contribution in [0.25, 0.3) is 0 Å². The molecule has 5 nitrogen and oxygen atoms in total. The molecule has 1 heterocycles. The van der Waals surface area contributed by atoms with Gasteiger partial charge in [0.15, 0.2) is 5.96 Å². The summed E-state index contributed by atoms with van der Waals surface area (Å²) in [5.74, 6) is 0.832. The van der Waals surface area contributed by atoms with Crippen molar-refractivity contribution in [2.24, 2.45) is 4.99 Å². The number of benzene rings is 1. The smallest absolute Gasteiger partial charge is 0.250 e. The van der Waals surface area contributed by atoms with Gasteiger partial charge < -0.3 is 15.2 Å². The van der Waals surface area contributed by atoms with E-state index in [-0.39, 0.29) is 5.56 Å². The van der Waals surface area contributed by atoms with Crippen molar-refractivity contribution in [3.05, 3.63) is 69.6 Å². The van der Waals surface area contributed by atoms with Crippen LogP contribution in [0.15, 0.2) is 58.4 Å². The van der Waals surface area contributed by atoms with Crippen LogP contribution >= 0.6 is 11.6 Å². The summed E-state index contributed by atoms with van der Waals surface area (Å²) in [5, 5.41) is 7.37. The highest BCUT2D eigenvalue weighted by Gasteiger charge is 1.99. The molecule has 1 aromatic heterocycles. The molecule has 0 radical (unpaired) electrons. The molecule has 0 amide bonds. The summed E-state index contributed by atoms with van der Waals surface area (Å²) in [7, 11) is 0. The van der Waals surface area contributed by atoms with Crippen molar-refractivity contribution in [1.29, 1.82) is 0 Å². The standard InChI is InChI=1S/C20H27ClN4O/c1-2-22-20(24-14-12-17-8-10-18(21)11-9-17)23-13-4-6-16-25-15-5-3-7-19(25)26/h3,5,7-11,15H,2,4,6,12-14,16H2,1H3,(H2,22,23,24). The summed E-state index contributed by atoms with van der Waals surface area (Å²) < 4.78 is 1.74. The predicted octanol–water partition coefficient (Wildman–Crippen LogP) is 3.08. The van der Waals surface area contributed by atoms with Crippen LogP contribution in [0, 0.1) is 0 Å². The van der Waals surface area contributed by atoms with Gasteiger partial charge in [0, 0.05) is 43.5 Å². The van der Waals surface area contributed by atoms with Crippen LogP contribution in [0.2, 0.25) is 5.02 Å². The molecule has 0 aliphatic rings. The van der Waals surface area contributed by atoms with Crippen molar-refractivity contribution in [3.8, 4) is 0 Å². The summed E-state index contributed by atoms with van der Waals surface area (Å²) in [6.07, 6.45) is 4.61. The molecule has 0 unspecified atom stereocenters. The molecule has 6 heteroatoms.